The maximum absolute atomic E-state index is 13.6. The van der Waals surface area contributed by atoms with Crippen LogP contribution in [-0.2, 0) is 10.1 Å². The smallest absolute Gasteiger partial charge is 0.282 e. The van der Waals surface area contributed by atoms with Crippen LogP contribution in [0.1, 0.15) is 46.8 Å². The van der Waals surface area contributed by atoms with Gasteiger partial charge in [0.1, 0.15) is 0 Å². The molecule has 0 aromatic heterocycles. The highest BCUT2D eigenvalue weighted by atomic mass is 32.2. The first-order chi connectivity index (χ1) is 16.4. The minimum atomic E-state index is -4.33. The largest absolute Gasteiger partial charge is 0.294 e. The monoisotopic (exact) mass is 472 g/mol. The number of nitrogens with zero attached hydrogens (tertiary/aromatic N) is 2. The fraction of sp³-hybridized carbons (Fsp3) is 0.185. The van der Waals surface area contributed by atoms with Crippen molar-refractivity contribution in [1.29, 1.82) is 0 Å². The van der Waals surface area contributed by atoms with Crippen molar-refractivity contribution in [1.82, 2.24) is 5.01 Å². The van der Waals surface area contributed by atoms with Gasteiger partial charge in [0, 0.05) is 11.5 Å². The minimum absolute atomic E-state index is 0.0761. The Labute approximate surface area is 199 Å². The second-order valence-corrected chi connectivity index (χ2v) is 9.99. The van der Waals surface area contributed by atoms with Gasteiger partial charge in [-0.25, -0.2) is 5.01 Å². The molecule has 0 spiro atoms. The Bertz CT molecular complexity index is 1370. The van der Waals surface area contributed by atoms with Gasteiger partial charge in [-0.15, -0.1) is 0 Å². The van der Waals surface area contributed by atoms with Crippen LogP contribution in [0, 0.1) is 5.92 Å². The third kappa shape index (κ3) is 4.32. The van der Waals surface area contributed by atoms with Crippen molar-refractivity contribution in [2.24, 2.45) is 11.0 Å². The molecule has 1 heterocycles. The number of hydrogen-bond donors (Lipinski definition) is 1. The fourth-order valence-corrected chi connectivity index (χ4v) is 5.28. The van der Waals surface area contributed by atoms with Crippen LogP contribution in [0.4, 0.5) is 0 Å². The highest BCUT2D eigenvalue weighted by Crippen LogP contribution is 2.44. The molecule has 0 saturated heterocycles. The summed E-state index contributed by atoms with van der Waals surface area (Å²) in [6.45, 7) is 0. The Morgan fingerprint density at radius 1 is 0.941 bits per heavy atom. The number of hydrogen-bond acceptors (Lipinski definition) is 4. The van der Waals surface area contributed by atoms with Crippen molar-refractivity contribution in [3.8, 4) is 0 Å². The Balaban J connectivity index is 1.56. The molecule has 172 valence electrons. The first-order valence-electron chi connectivity index (χ1n) is 11.2. The summed E-state index contributed by atoms with van der Waals surface area (Å²) in [6, 6.07) is 25.0. The van der Waals surface area contributed by atoms with E-state index in [0.717, 1.165) is 41.7 Å². The van der Waals surface area contributed by atoms with Gasteiger partial charge in [-0.05, 0) is 66.3 Å². The quantitative estimate of drug-likeness (QED) is 0.517. The third-order valence-electron chi connectivity index (χ3n) is 6.39. The topological polar surface area (TPSA) is 87.0 Å². The molecular formula is C27H24N2O4S. The molecule has 1 fully saturated rings. The van der Waals surface area contributed by atoms with E-state index in [9.17, 15) is 17.8 Å². The third-order valence-corrected chi connectivity index (χ3v) is 7.26. The molecular weight excluding hydrogens is 448 g/mol. The van der Waals surface area contributed by atoms with Crippen LogP contribution < -0.4 is 0 Å². The Morgan fingerprint density at radius 2 is 1.59 bits per heavy atom. The predicted molar refractivity (Wildman–Crippen MR) is 131 cm³/mol. The van der Waals surface area contributed by atoms with Gasteiger partial charge in [0.25, 0.3) is 16.0 Å². The zero-order chi connectivity index (χ0) is 23.7. The summed E-state index contributed by atoms with van der Waals surface area (Å²) in [5.74, 6) is -0.233. The summed E-state index contributed by atoms with van der Waals surface area (Å²) in [7, 11) is -4.33. The van der Waals surface area contributed by atoms with Gasteiger partial charge in [0.05, 0.1) is 16.6 Å². The molecule has 0 unspecified atom stereocenters. The zero-order valence-corrected chi connectivity index (χ0v) is 19.2. The van der Waals surface area contributed by atoms with Crippen molar-refractivity contribution < 1.29 is 17.8 Å². The number of hydrazone groups is 1. The standard InChI is InChI=1S/C27H24N2O4S/c30-27(21-14-16-23(17-15-21)34(31,32)33)29-26(20-10-5-2-6-11-20)24-13-7-12-22(25(24)28-29)18-19-8-3-1-4-9-19/h1-6,8-11,14-18,24,26H,7,12-13H2,(H,31,32,33)/b22-18+/t24-,26-/m0/s1. The van der Waals surface area contributed by atoms with Crippen molar-refractivity contribution in [2.45, 2.75) is 30.2 Å². The SMILES string of the molecule is O=C(c1ccc(S(=O)(=O)O)cc1)N1N=C2/C(=C/c3ccccc3)CCC[C@@H]2[C@@H]1c1ccccc1. The lowest BCUT2D eigenvalue weighted by molar-refractivity contribution is 0.0680. The summed E-state index contributed by atoms with van der Waals surface area (Å²) in [6.07, 6.45) is 4.99. The molecule has 3 aromatic carbocycles. The van der Waals surface area contributed by atoms with E-state index >= 15 is 0 Å². The predicted octanol–water partition coefficient (Wildman–Crippen LogP) is 5.37. The summed E-state index contributed by atoms with van der Waals surface area (Å²) in [5.41, 5.74) is 4.50. The first-order valence-corrected chi connectivity index (χ1v) is 12.7. The molecule has 34 heavy (non-hydrogen) atoms. The van der Waals surface area contributed by atoms with E-state index in [1.54, 1.807) is 5.01 Å². The van der Waals surface area contributed by atoms with Crippen molar-refractivity contribution in [3.63, 3.8) is 0 Å². The van der Waals surface area contributed by atoms with E-state index in [4.69, 9.17) is 5.10 Å². The number of fused-ring (bicyclic) bond motifs is 1. The minimum Gasteiger partial charge on any atom is -0.282 e. The molecule has 0 radical (unpaired) electrons. The van der Waals surface area contributed by atoms with Crippen LogP contribution in [0.3, 0.4) is 0 Å². The Morgan fingerprint density at radius 3 is 2.24 bits per heavy atom. The van der Waals surface area contributed by atoms with Crippen molar-refractivity contribution >= 4 is 27.8 Å². The molecule has 1 aliphatic heterocycles. The molecule has 1 N–H and O–H groups in total. The summed E-state index contributed by atoms with van der Waals surface area (Å²) >= 11 is 0. The summed E-state index contributed by atoms with van der Waals surface area (Å²) in [5, 5.41) is 6.40. The van der Waals surface area contributed by atoms with Gasteiger partial charge in [0.15, 0.2) is 0 Å². The number of carbonyl (C=O) groups is 1. The molecule has 1 amide bonds. The van der Waals surface area contributed by atoms with Gasteiger partial charge in [-0.2, -0.15) is 13.5 Å². The highest BCUT2D eigenvalue weighted by Gasteiger charge is 2.43. The number of allylic oxidation sites excluding steroid dienone is 1. The molecule has 2 atom stereocenters. The normalized spacial score (nSPS) is 21.3. The molecule has 1 saturated carbocycles. The van der Waals surface area contributed by atoms with Gasteiger partial charge in [-0.1, -0.05) is 60.7 Å². The van der Waals surface area contributed by atoms with Gasteiger partial charge < -0.3 is 0 Å². The Kier molecular flexibility index (Phi) is 5.89. The van der Waals surface area contributed by atoms with E-state index in [2.05, 4.69) is 18.2 Å². The number of carbonyl (C=O) groups excluding carboxylic acids is 1. The molecule has 5 rings (SSSR count). The van der Waals surface area contributed by atoms with Crippen LogP contribution in [0.5, 0.6) is 0 Å². The van der Waals surface area contributed by atoms with Crippen molar-refractivity contribution in [2.75, 3.05) is 0 Å². The maximum atomic E-state index is 13.6. The van der Waals surface area contributed by atoms with Crippen LogP contribution in [-0.4, -0.2) is 29.6 Å². The number of rotatable bonds is 4. The maximum Gasteiger partial charge on any atom is 0.294 e. The second kappa shape index (κ2) is 9.00. The van der Waals surface area contributed by atoms with Crippen LogP contribution in [0.15, 0.2) is 100 Å². The average molecular weight is 473 g/mol. The van der Waals surface area contributed by atoms with Crippen LogP contribution in [0.2, 0.25) is 0 Å². The first kappa shape index (κ1) is 22.3. The lowest BCUT2D eigenvalue weighted by Gasteiger charge is -2.29. The van der Waals surface area contributed by atoms with E-state index in [-0.39, 0.29) is 22.8 Å². The molecule has 0 bridgehead atoms. The average Bonchev–Trinajstić information content (AvgIpc) is 3.25. The molecule has 6 nitrogen and oxygen atoms in total. The van der Waals surface area contributed by atoms with Gasteiger partial charge in [-0.3, -0.25) is 9.35 Å². The van der Waals surface area contributed by atoms with Crippen molar-refractivity contribution in [3.05, 3.63) is 107 Å². The molecule has 7 heteroatoms. The summed E-state index contributed by atoms with van der Waals surface area (Å²) in [4.78, 5) is 13.3. The number of amides is 1. The fourth-order valence-electron chi connectivity index (χ4n) is 4.80. The zero-order valence-electron chi connectivity index (χ0n) is 18.4. The number of benzene rings is 3. The van der Waals surface area contributed by atoms with E-state index in [0.29, 0.717) is 5.56 Å². The van der Waals surface area contributed by atoms with Gasteiger partial charge in [0.2, 0.25) is 0 Å². The highest BCUT2D eigenvalue weighted by molar-refractivity contribution is 7.85. The van der Waals surface area contributed by atoms with E-state index < -0.39 is 10.1 Å². The molecule has 1 aliphatic carbocycles. The molecule has 2 aliphatic rings. The van der Waals surface area contributed by atoms with Gasteiger partial charge >= 0.3 is 0 Å². The Hall–Kier alpha value is -3.55. The van der Waals surface area contributed by atoms with Crippen LogP contribution >= 0.6 is 0 Å². The van der Waals surface area contributed by atoms with Crippen LogP contribution in [0.25, 0.3) is 6.08 Å². The van der Waals surface area contributed by atoms with E-state index in [1.165, 1.54) is 24.3 Å². The second-order valence-electron chi connectivity index (χ2n) is 8.57. The van der Waals surface area contributed by atoms with E-state index in [1.807, 2.05) is 48.5 Å². The molecule has 3 aromatic rings. The lowest BCUT2D eigenvalue weighted by atomic mass is 9.77. The summed E-state index contributed by atoms with van der Waals surface area (Å²) < 4.78 is 32.1. The lowest BCUT2D eigenvalue weighted by Crippen LogP contribution is -2.31.